The van der Waals surface area contributed by atoms with Crippen LogP contribution in [0.4, 0.5) is 10.1 Å². The van der Waals surface area contributed by atoms with Gasteiger partial charge in [0.15, 0.2) is 5.82 Å². The number of nitrogens with two attached hydrogens (primary N) is 1. The van der Waals surface area contributed by atoms with Crippen LogP contribution in [0.2, 0.25) is 0 Å². The second kappa shape index (κ2) is 6.10. The Kier molecular flexibility index (Phi) is 4.65. The largest absolute Gasteiger partial charge is 0.384 e. The highest BCUT2D eigenvalue weighted by molar-refractivity contribution is 9.10. The second-order valence-corrected chi connectivity index (χ2v) is 6.15. The molecule has 0 atom stereocenters. The van der Waals surface area contributed by atoms with Crippen molar-refractivity contribution >= 4 is 27.5 Å². The van der Waals surface area contributed by atoms with E-state index in [4.69, 9.17) is 11.1 Å². The fourth-order valence-corrected chi connectivity index (χ4v) is 3.16. The van der Waals surface area contributed by atoms with E-state index in [1.165, 1.54) is 0 Å². The molecule has 1 aromatic carbocycles. The fraction of sp³-hybridized carbons (Fsp3) is 0.500. The van der Waals surface area contributed by atoms with E-state index in [0.717, 1.165) is 25.9 Å². The van der Waals surface area contributed by atoms with Crippen LogP contribution in [0.5, 0.6) is 0 Å². The lowest BCUT2D eigenvalue weighted by atomic mass is 10.0. The Bertz CT molecular complexity index is 510. The number of benzene rings is 1. The zero-order chi connectivity index (χ0) is 14.9. The van der Waals surface area contributed by atoms with Crippen LogP contribution >= 0.6 is 15.9 Å². The minimum absolute atomic E-state index is 0.131. The van der Waals surface area contributed by atoms with Gasteiger partial charge in [0.25, 0.3) is 0 Å². The van der Waals surface area contributed by atoms with Crippen LogP contribution in [0, 0.1) is 11.2 Å². The average Bonchev–Trinajstić information content (AvgIpc) is 2.41. The molecule has 0 amide bonds. The van der Waals surface area contributed by atoms with Crippen molar-refractivity contribution in [2.75, 3.05) is 32.1 Å². The third-order valence-electron chi connectivity index (χ3n) is 3.89. The lowest BCUT2D eigenvalue weighted by molar-refractivity contribution is 0.249. The van der Waals surface area contributed by atoms with Gasteiger partial charge in [-0.15, -0.1) is 0 Å². The van der Waals surface area contributed by atoms with Gasteiger partial charge in [0.1, 0.15) is 5.84 Å². The maximum absolute atomic E-state index is 14.4. The topological polar surface area (TPSA) is 56.4 Å². The molecule has 0 bridgehead atoms. The highest BCUT2D eigenvalue weighted by Gasteiger charge is 2.24. The van der Waals surface area contributed by atoms with Crippen LogP contribution in [-0.4, -0.2) is 44.0 Å². The summed E-state index contributed by atoms with van der Waals surface area (Å²) in [5.41, 5.74) is 6.41. The van der Waals surface area contributed by atoms with Crippen molar-refractivity contribution in [1.82, 2.24) is 4.90 Å². The standard InChI is InChI=1S/C14H20BrFN4/c1-19(2)9-5-7-20(8-6-9)11-4-3-10(14(17)18)12(15)13(11)16/h3-4,9H,5-8H2,1-2H3,(H3,17,18). The first-order chi connectivity index (χ1) is 9.41. The Hall–Kier alpha value is -1.14. The van der Waals surface area contributed by atoms with Crippen molar-refractivity contribution in [3.05, 3.63) is 28.0 Å². The van der Waals surface area contributed by atoms with Gasteiger partial charge >= 0.3 is 0 Å². The summed E-state index contributed by atoms with van der Waals surface area (Å²) < 4.78 is 14.7. The molecule has 1 fully saturated rings. The monoisotopic (exact) mass is 342 g/mol. The molecule has 0 radical (unpaired) electrons. The minimum atomic E-state index is -0.332. The number of amidine groups is 1. The molecule has 0 unspecified atom stereocenters. The molecular weight excluding hydrogens is 323 g/mol. The Labute approximate surface area is 127 Å². The molecule has 0 spiro atoms. The lowest BCUT2D eigenvalue weighted by Crippen LogP contribution is -2.42. The van der Waals surface area contributed by atoms with E-state index in [1.54, 1.807) is 12.1 Å². The normalized spacial score (nSPS) is 16.8. The summed E-state index contributed by atoms with van der Waals surface area (Å²) in [6.07, 6.45) is 2.05. The van der Waals surface area contributed by atoms with Crippen LogP contribution in [0.3, 0.4) is 0 Å². The first-order valence-electron chi connectivity index (χ1n) is 6.65. The highest BCUT2D eigenvalue weighted by Crippen LogP contribution is 2.31. The zero-order valence-electron chi connectivity index (χ0n) is 11.8. The van der Waals surface area contributed by atoms with Crippen LogP contribution in [0.15, 0.2) is 16.6 Å². The van der Waals surface area contributed by atoms with Crippen molar-refractivity contribution in [2.24, 2.45) is 5.73 Å². The number of hydrogen-bond acceptors (Lipinski definition) is 3. The molecule has 20 heavy (non-hydrogen) atoms. The van der Waals surface area contributed by atoms with Crippen LogP contribution < -0.4 is 10.6 Å². The van der Waals surface area contributed by atoms with E-state index in [1.807, 2.05) is 0 Å². The highest BCUT2D eigenvalue weighted by atomic mass is 79.9. The molecule has 1 aromatic rings. The van der Waals surface area contributed by atoms with Gasteiger partial charge < -0.3 is 15.5 Å². The summed E-state index contributed by atoms with van der Waals surface area (Å²) in [5.74, 6) is -0.463. The number of halogens is 2. The third kappa shape index (κ3) is 2.96. The van der Waals surface area contributed by atoms with Crippen molar-refractivity contribution in [2.45, 2.75) is 18.9 Å². The summed E-state index contributed by atoms with van der Waals surface area (Å²) in [6.45, 7) is 1.68. The number of rotatable bonds is 3. The summed E-state index contributed by atoms with van der Waals surface area (Å²) in [7, 11) is 4.16. The molecule has 4 nitrogen and oxygen atoms in total. The number of nitrogens with one attached hydrogen (secondary N) is 1. The van der Waals surface area contributed by atoms with E-state index >= 15 is 0 Å². The van der Waals surface area contributed by atoms with E-state index in [2.05, 4.69) is 39.8 Å². The Morgan fingerprint density at radius 1 is 1.40 bits per heavy atom. The van der Waals surface area contributed by atoms with Crippen molar-refractivity contribution < 1.29 is 4.39 Å². The molecule has 1 heterocycles. The van der Waals surface area contributed by atoms with E-state index in [0.29, 0.717) is 17.3 Å². The molecular formula is C14H20BrFN4. The third-order valence-corrected chi connectivity index (χ3v) is 4.66. The van der Waals surface area contributed by atoms with Crippen LogP contribution in [0.1, 0.15) is 18.4 Å². The summed E-state index contributed by atoms with van der Waals surface area (Å²) >= 11 is 3.20. The molecule has 2 rings (SSSR count). The first kappa shape index (κ1) is 15.3. The summed E-state index contributed by atoms with van der Waals surface area (Å²) in [4.78, 5) is 4.28. The van der Waals surface area contributed by atoms with Crippen molar-refractivity contribution in [1.29, 1.82) is 5.41 Å². The zero-order valence-corrected chi connectivity index (χ0v) is 13.4. The second-order valence-electron chi connectivity index (χ2n) is 5.36. The smallest absolute Gasteiger partial charge is 0.161 e. The molecule has 3 N–H and O–H groups in total. The van der Waals surface area contributed by atoms with Gasteiger partial charge in [-0.05, 0) is 55.0 Å². The molecule has 0 aromatic heterocycles. The van der Waals surface area contributed by atoms with E-state index in [-0.39, 0.29) is 16.1 Å². The average molecular weight is 343 g/mol. The fourth-order valence-electron chi connectivity index (χ4n) is 2.61. The predicted molar refractivity (Wildman–Crippen MR) is 84.0 cm³/mol. The first-order valence-corrected chi connectivity index (χ1v) is 7.45. The maximum atomic E-state index is 14.4. The Morgan fingerprint density at radius 2 is 2.00 bits per heavy atom. The quantitative estimate of drug-likeness (QED) is 0.655. The Morgan fingerprint density at radius 3 is 2.50 bits per heavy atom. The van der Waals surface area contributed by atoms with Gasteiger partial charge in [-0.2, -0.15) is 0 Å². The van der Waals surface area contributed by atoms with Gasteiger partial charge in [0, 0.05) is 24.7 Å². The van der Waals surface area contributed by atoms with Gasteiger partial charge in [0.2, 0.25) is 0 Å². The SMILES string of the molecule is CN(C)C1CCN(c2ccc(C(=N)N)c(Br)c2F)CC1. The molecule has 0 saturated carbocycles. The van der Waals surface area contributed by atoms with Crippen LogP contribution in [0.25, 0.3) is 0 Å². The molecule has 6 heteroatoms. The van der Waals surface area contributed by atoms with E-state index < -0.39 is 0 Å². The maximum Gasteiger partial charge on any atom is 0.161 e. The summed E-state index contributed by atoms with van der Waals surface area (Å²) in [6, 6.07) is 3.98. The minimum Gasteiger partial charge on any atom is -0.384 e. The number of nitrogens with zero attached hydrogens (tertiary/aromatic N) is 2. The predicted octanol–water partition coefficient (Wildman–Crippen LogP) is 2.40. The van der Waals surface area contributed by atoms with Crippen LogP contribution in [-0.2, 0) is 0 Å². The molecule has 1 saturated heterocycles. The number of piperidine rings is 1. The number of nitrogen functional groups attached to an aromatic ring is 1. The lowest BCUT2D eigenvalue weighted by Gasteiger charge is -2.36. The van der Waals surface area contributed by atoms with Crippen molar-refractivity contribution in [3.8, 4) is 0 Å². The molecule has 0 aliphatic carbocycles. The van der Waals surface area contributed by atoms with E-state index in [9.17, 15) is 4.39 Å². The van der Waals surface area contributed by atoms with Gasteiger partial charge in [0.05, 0.1) is 10.2 Å². The number of anilines is 1. The molecule has 110 valence electrons. The van der Waals surface area contributed by atoms with Gasteiger partial charge in [-0.1, -0.05) is 0 Å². The Balaban J connectivity index is 2.19. The van der Waals surface area contributed by atoms with Gasteiger partial charge in [-0.25, -0.2) is 4.39 Å². The summed E-state index contributed by atoms with van der Waals surface area (Å²) in [5, 5.41) is 7.42. The van der Waals surface area contributed by atoms with Crippen molar-refractivity contribution in [3.63, 3.8) is 0 Å². The molecule has 1 aliphatic rings. The van der Waals surface area contributed by atoms with Gasteiger partial charge in [-0.3, -0.25) is 5.41 Å². The number of hydrogen-bond donors (Lipinski definition) is 2. The molecule has 1 aliphatic heterocycles.